The number of halogens is 3. The van der Waals surface area contributed by atoms with Crippen LogP contribution in [0.1, 0.15) is 5.56 Å². The quantitative estimate of drug-likeness (QED) is 0.699. The van der Waals surface area contributed by atoms with Gasteiger partial charge in [-0.2, -0.15) is 0 Å². The normalized spacial score (nSPS) is 9.92. The number of benzene rings is 1. The van der Waals surface area contributed by atoms with Gasteiger partial charge in [0, 0.05) is 15.9 Å². The molecule has 0 bridgehead atoms. The smallest absolute Gasteiger partial charge is 0.131 e. The lowest BCUT2D eigenvalue weighted by Crippen LogP contribution is -1.90. The molecule has 0 nitrogen and oxygen atoms in total. The van der Waals surface area contributed by atoms with Crippen LogP contribution in [0.25, 0.3) is 5.57 Å². The minimum Gasteiger partial charge on any atom is -0.206 e. The average molecular weight is 250 g/mol. The highest BCUT2D eigenvalue weighted by Gasteiger charge is 2.08. The number of hydrogen-bond donors (Lipinski definition) is 0. The number of hydrogen-bond acceptors (Lipinski definition) is 0. The molecular weight excluding hydrogens is 242 g/mol. The Morgan fingerprint density at radius 2 is 2.25 bits per heavy atom. The van der Waals surface area contributed by atoms with E-state index in [-0.39, 0.29) is 11.7 Å². The molecule has 0 atom stereocenters. The number of allylic oxidation sites excluding steroid dienone is 1. The van der Waals surface area contributed by atoms with Crippen molar-refractivity contribution >= 4 is 33.1 Å². The van der Waals surface area contributed by atoms with E-state index in [2.05, 4.69) is 22.5 Å². The summed E-state index contributed by atoms with van der Waals surface area (Å²) in [5.74, 6) is -0.0606. The molecule has 0 saturated carbocycles. The van der Waals surface area contributed by atoms with Crippen LogP contribution >= 0.6 is 27.5 Å². The van der Waals surface area contributed by atoms with Crippen LogP contribution in [0.2, 0.25) is 0 Å². The molecule has 0 unspecified atom stereocenters. The fourth-order valence-corrected chi connectivity index (χ4v) is 1.66. The van der Waals surface area contributed by atoms with Gasteiger partial charge >= 0.3 is 0 Å². The Morgan fingerprint density at radius 1 is 1.58 bits per heavy atom. The molecule has 0 saturated heterocycles. The molecule has 0 heterocycles. The monoisotopic (exact) mass is 248 g/mol. The van der Waals surface area contributed by atoms with Crippen LogP contribution in [-0.2, 0) is 0 Å². The lowest BCUT2D eigenvalue weighted by atomic mass is 10.1. The van der Waals surface area contributed by atoms with Crippen LogP contribution < -0.4 is 0 Å². The van der Waals surface area contributed by atoms with Crippen molar-refractivity contribution in [3.63, 3.8) is 0 Å². The van der Waals surface area contributed by atoms with E-state index in [1.54, 1.807) is 12.1 Å². The van der Waals surface area contributed by atoms with Crippen molar-refractivity contribution in [1.29, 1.82) is 0 Å². The fraction of sp³-hybridized carbons (Fsp3) is 0.111. The largest absolute Gasteiger partial charge is 0.206 e. The van der Waals surface area contributed by atoms with Crippen molar-refractivity contribution in [1.82, 2.24) is 0 Å². The molecule has 0 N–H and O–H groups in total. The molecule has 0 aliphatic heterocycles. The topological polar surface area (TPSA) is 0 Å². The maximum Gasteiger partial charge on any atom is 0.131 e. The molecule has 0 radical (unpaired) electrons. The molecule has 0 spiro atoms. The Balaban J connectivity index is 3.21. The third-order valence-electron chi connectivity index (χ3n) is 1.48. The molecule has 12 heavy (non-hydrogen) atoms. The molecular formula is C9H7BrClF. The van der Waals surface area contributed by atoms with E-state index in [4.69, 9.17) is 11.6 Å². The molecule has 3 heteroatoms. The third-order valence-corrected chi connectivity index (χ3v) is 2.46. The fourth-order valence-electron chi connectivity index (χ4n) is 0.902. The molecule has 1 rings (SSSR count). The second-order valence-corrected chi connectivity index (χ2v) is 3.46. The molecule has 0 amide bonds. The lowest BCUT2D eigenvalue weighted by molar-refractivity contribution is 0.623. The summed E-state index contributed by atoms with van der Waals surface area (Å²) in [7, 11) is 0. The summed E-state index contributed by atoms with van der Waals surface area (Å²) in [6, 6.07) is 4.78. The van der Waals surface area contributed by atoms with Gasteiger partial charge in [0.25, 0.3) is 0 Å². The SMILES string of the molecule is C=C(CCl)c1c(F)cccc1Br. The summed E-state index contributed by atoms with van der Waals surface area (Å²) < 4.78 is 13.8. The average Bonchev–Trinajstić information content (AvgIpc) is 2.03. The van der Waals surface area contributed by atoms with Crippen molar-refractivity contribution in [3.05, 3.63) is 40.6 Å². The first-order valence-corrected chi connectivity index (χ1v) is 4.67. The number of alkyl halides is 1. The maximum atomic E-state index is 13.1. The van der Waals surface area contributed by atoms with Crippen LogP contribution in [0.15, 0.2) is 29.3 Å². The van der Waals surface area contributed by atoms with Crippen LogP contribution in [0.3, 0.4) is 0 Å². The van der Waals surface area contributed by atoms with Crippen LogP contribution in [0, 0.1) is 5.82 Å². The van der Waals surface area contributed by atoms with Gasteiger partial charge in [-0.15, -0.1) is 11.6 Å². The summed E-state index contributed by atoms with van der Waals surface area (Å²) in [5.41, 5.74) is 1.05. The van der Waals surface area contributed by atoms with Crippen molar-refractivity contribution in [3.8, 4) is 0 Å². The van der Waals surface area contributed by atoms with Gasteiger partial charge in [0.15, 0.2) is 0 Å². The van der Waals surface area contributed by atoms with Gasteiger partial charge in [-0.25, -0.2) is 4.39 Å². The standard InChI is InChI=1S/C9H7BrClF/c1-6(5-11)9-7(10)3-2-4-8(9)12/h2-4H,1,5H2. The zero-order valence-corrected chi connectivity index (χ0v) is 8.62. The van der Waals surface area contributed by atoms with Gasteiger partial charge in [-0.05, 0) is 17.7 Å². The minimum absolute atomic E-state index is 0.236. The van der Waals surface area contributed by atoms with E-state index >= 15 is 0 Å². The van der Waals surface area contributed by atoms with Crippen molar-refractivity contribution in [2.75, 3.05) is 5.88 Å². The molecule has 64 valence electrons. The Labute approximate surface area is 84.2 Å². The van der Waals surface area contributed by atoms with Crippen LogP contribution in [-0.4, -0.2) is 5.88 Å². The summed E-state index contributed by atoms with van der Waals surface area (Å²) in [6.45, 7) is 3.66. The van der Waals surface area contributed by atoms with E-state index < -0.39 is 0 Å². The highest BCUT2D eigenvalue weighted by atomic mass is 79.9. The van der Waals surface area contributed by atoms with Crippen molar-refractivity contribution < 1.29 is 4.39 Å². The number of rotatable bonds is 2. The van der Waals surface area contributed by atoms with E-state index in [0.29, 0.717) is 15.6 Å². The van der Waals surface area contributed by atoms with E-state index in [1.807, 2.05) is 0 Å². The minimum atomic E-state index is -0.296. The Morgan fingerprint density at radius 3 is 2.75 bits per heavy atom. The summed E-state index contributed by atoms with van der Waals surface area (Å²) in [4.78, 5) is 0. The van der Waals surface area contributed by atoms with E-state index in [0.717, 1.165) is 0 Å². The molecule has 1 aromatic carbocycles. The van der Waals surface area contributed by atoms with Gasteiger partial charge in [-0.1, -0.05) is 28.6 Å². The molecule has 1 aromatic rings. The Hall–Kier alpha value is -0.340. The summed E-state index contributed by atoms with van der Waals surface area (Å²) in [6.07, 6.45) is 0. The zero-order chi connectivity index (χ0) is 9.14. The van der Waals surface area contributed by atoms with Crippen molar-refractivity contribution in [2.45, 2.75) is 0 Å². The van der Waals surface area contributed by atoms with E-state index in [9.17, 15) is 4.39 Å². The van der Waals surface area contributed by atoms with Gasteiger partial charge < -0.3 is 0 Å². The Kier molecular flexibility index (Phi) is 3.29. The maximum absolute atomic E-state index is 13.1. The summed E-state index contributed by atoms with van der Waals surface area (Å²) >= 11 is 8.77. The molecule has 0 aromatic heterocycles. The van der Waals surface area contributed by atoms with E-state index in [1.165, 1.54) is 6.07 Å². The lowest BCUT2D eigenvalue weighted by Gasteiger charge is -2.05. The van der Waals surface area contributed by atoms with Gasteiger partial charge in [0.2, 0.25) is 0 Å². The first-order chi connectivity index (χ1) is 5.66. The predicted molar refractivity (Wildman–Crippen MR) is 53.9 cm³/mol. The van der Waals surface area contributed by atoms with Gasteiger partial charge in [0.1, 0.15) is 5.82 Å². The Bertz CT molecular complexity index is 289. The second kappa shape index (κ2) is 4.06. The summed E-state index contributed by atoms with van der Waals surface area (Å²) in [5, 5.41) is 0. The zero-order valence-electron chi connectivity index (χ0n) is 6.28. The molecule has 0 aliphatic rings. The first kappa shape index (κ1) is 9.75. The van der Waals surface area contributed by atoms with Crippen molar-refractivity contribution in [2.24, 2.45) is 0 Å². The third kappa shape index (κ3) is 1.87. The highest BCUT2D eigenvalue weighted by Crippen LogP contribution is 2.26. The van der Waals surface area contributed by atoms with Gasteiger partial charge in [-0.3, -0.25) is 0 Å². The first-order valence-electron chi connectivity index (χ1n) is 3.35. The molecule has 0 aliphatic carbocycles. The van der Waals surface area contributed by atoms with Crippen LogP contribution in [0.5, 0.6) is 0 Å². The van der Waals surface area contributed by atoms with Crippen LogP contribution in [0.4, 0.5) is 4.39 Å². The highest BCUT2D eigenvalue weighted by molar-refractivity contribution is 9.10. The second-order valence-electron chi connectivity index (χ2n) is 2.33. The van der Waals surface area contributed by atoms with Gasteiger partial charge in [0.05, 0.1) is 0 Å². The predicted octanol–water partition coefficient (Wildman–Crippen LogP) is 3.84. The molecule has 0 fully saturated rings.